The molecular formula is C18H19ClN4O. The van der Waals surface area contributed by atoms with Gasteiger partial charge in [0, 0.05) is 32.4 Å². The van der Waals surface area contributed by atoms with E-state index in [1.807, 2.05) is 29.9 Å². The number of hydrogen-bond donors (Lipinski definition) is 1. The third-order valence-electron chi connectivity index (χ3n) is 4.43. The summed E-state index contributed by atoms with van der Waals surface area (Å²) in [6.45, 7) is 1.52. The number of nitrogens with zero attached hydrogens (tertiary/aromatic N) is 3. The van der Waals surface area contributed by atoms with Crippen molar-refractivity contribution in [3.8, 4) is 6.07 Å². The molecule has 1 N–H and O–H groups in total. The van der Waals surface area contributed by atoms with Gasteiger partial charge in [-0.15, -0.1) is 0 Å². The standard InChI is InChI=1S/C18H19ClN4O/c1-22-9-3-6-16(22)18(24)21-14-7-10-23(11-8-14)17-13(12-20)4-2-5-15(17)19/h2-6,9,14H,7-8,10-11H2,1H3,(H,21,24). The summed E-state index contributed by atoms with van der Waals surface area (Å²) >= 11 is 6.28. The number of hydrogen-bond acceptors (Lipinski definition) is 3. The Hall–Kier alpha value is -2.45. The van der Waals surface area contributed by atoms with Crippen molar-refractivity contribution < 1.29 is 4.79 Å². The molecule has 1 aromatic heterocycles. The van der Waals surface area contributed by atoms with Crippen molar-refractivity contribution in [2.75, 3.05) is 18.0 Å². The molecule has 0 aliphatic carbocycles. The maximum Gasteiger partial charge on any atom is 0.268 e. The topological polar surface area (TPSA) is 61.1 Å². The van der Waals surface area contributed by atoms with Crippen LogP contribution in [0.3, 0.4) is 0 Å². The molecule has 1 aliphatic heterocycles. The van der Waals surface area contributed by atoms with Crippen LogP contribution >= 0.6 is 11.6 Å². The smallest absolute Gasteiger partial charge is 0.268 e. The number of aromatic nitrogens is 1. The monoisotopic (exact) mass is 342 g/mol. The second-order valence-corrected chi connectivity index (χ2v) is 6.39. The molecule has 0 radical (unpaired) electrons. The number of piperidine rings is 1. The van der Waals surface area contributed by atoms with Crippen LogP contribution in [0, 0.1) is 11.3 Å². The lowest BCUT2D eigenvalue weighted by Crippen LogP contribution is -2.45. The maximum atomic E-state index is 12.3. The number of nitriles is 1. The van der Waals surface area contributed by atoms with Crippen molar-refractivity contribution in [1.29, 1.82) is 5.26 Å². The molecule has 3 rings (SSSR count). The summed E-state index contributed by atoms with van der Waals surface area (Å²) in [4.78, 5) is 14.4. The van der Waals surface area contributed by atoms with Gasteiger partial charge in [-0.05, 0) is 37.1 Å². The average molecular weight is 343 g/mol. The second kappa shape index (κ2) is 6.98. The van der Waals surface area contributed by atoms with Crippen LogP contribution in [0.5, 0.6) is 0 Å². The van der Waals surface area contributed by atoms with Gasteiger partial charge in [0.2, 0.25) is 0 Å². The van der Waals surface area contributed by atoms with Crippen molar-refractivity contribution in [3.63, 3.8) is 0 Å². The first-order valence-corrected chi connectivity index (χ1v) is 8.33. The van der Waals surface area contributed by atoms with E-state index in [-0.39, 0.29) is 11.9 Å². The van der Waals surface area contributed by atoms with E-state index in [0.717, 1.165) is 31.6 Å². The molecule has 2 heterocycles. The number of aryl methyl sites for hydroxylation is 1. The van der Waals surface area contributed by atoms with E-state index in [0.29, 0.717) is 16.3 Å². The first-order chi connectivity index (χ1) is 11.6. The highest BCUT2D eigenvalue weighted by Crippen LogP contribution is 2.31. The molecule has 5 nitrogen and oxygen atoms in total. The van der Waals surface area contributed by atoms with Gasteiger partial charge in [-0.1, -0.05) is 17.7 Å². The summed E-state index contributed by atoms with van der Waals surface area (Å²) in [5.74, 6) is -0.0450. The predicted molar refractivity (Wildman–Crippen MR) is 94.3 cm³/mol. The van der Waals surface area contributed by atoms with Crippen molar-refractivity contribution in [1.82, 2.24) is 9.88 Å². The molecule has 24 heavy (non-hydrogen) atoms. The van der Waals surface area contributed by atoms with Gasteiger partial charge in [0.25, 0.3) is 5.91 Å². The zero-order valence-electron chi connectivity index (χ0n) is 13.5. The van der Waals surface area contributed by atoms with Gasteiger partial charge in [-0.25, -0.2) is 0 Å². The summed E-state index contributed by atoms with van der Waals surface area (Å²) in [5.41, 5.74) is 2.05. The largest absolute Gasteiger partial charge is 0.369 e. The van der Waals surface area contributed by atoms with Crippen LogP contribution < -0.4 is 10.2 Å². The van der Waals surface area contributed by atoms with Crippen LogP contribution in [0.15, 0.2) is 36.5 Å². The van der Waals surface area contributed by atoms with E-state index < -0.39 is 0 Å². The van der Waals surface area contributed by atoms with E-state index >= 15 is 0 Å². The van der Waals surface area contributed by atoms with Gasteiger partial charge in [-0.2, -0.15) is 5.26 Å². The highest BCUT2D eigenvalue weighted by atomic mass is 35.5. The number of rotatable bonds is 3. The van der Waals surface area contributed by atoms with Crippen LogP contribution in [-0.2, 0) is 7.05 Å². The van der Waals surface area contributed by atoms with E-state index in [2.05, 4.69) is 16.3 Å². The molecule has 1 fully saturated rings. The Morgan fingerprint density at radius 3 is 2.67 bits per heavy atom. The second-order valence-electron chi connectivity index (χ2n) is 5.99. The Labute approximate surface area is 146 Å². The SMILES string of the molecule is Cn1cccc1C(=O)NC1CCN(c2c(Cl)cccc2C#N)CC1. The molecule has 0 atom stereocenters. The number of para-hydroxylation sites is 1. The highest BCUT2D eigenvalue weighted by Gasteiger charge is 2.24. The van der Waals surface area contributed by atoms with Crippen LogP contribution in [0.2, 0.25) is 5.02 Å². The molecule has 0 bridgehead atoms. The fourth-order valence-corrected chi connectivity index (χ4v) is 3.42. The first-order valence-electron chi connectivity index (χ1n) is 7.96. The predicted octanol–water partition coefficient (Wildman–Crippen LogP) is 2.95. The number of amides is 1. The Morgan fingerprint density at radius 2 is 2.04 bits per heavy atom. The van der Waals surface area contributed by atoms with Gasteiger partial charge in [0.15, 0.2) is 0 Å². The van der Waals surface area contributed by atoms with Gasteiger partial charge in [-0.3, -0.25) is 4.79 Å². The molecule has 1 aromatic carbocycles. The van der Waals surface area contributed by atoms with E-state index in [9.17, 15) is 10.1 Å². The minimum atomic E-state index is -0.0450. The number of nitrogens with one attached hydrogen (secondary N) is 1. The molecular weight excluding hydrogens is 324 g/mol. The summed E-state index contributed by atoms with van der Waals surface area (Å²) in [6.07, 6.45) is 3.51. The first kappa shape index (κ1) is 16.4. The minimum Gasteiger partial charge on any atom is -0.369 e. The number of halogens is 1. The molecule has 1 aliphatic rings. The van der Waals surface area contributed by atoms with Gasteiger partial charge < -0.3 is 14.8 Å². The summed E-state index contributed by atoms with van der Waals surface area (Å²) in [6, 6.07) is 11.4. The lowest BCUT2D eigenvalue weighted by Gasteiger charge is -2.34. The van der Waals surface area contributed by atoms with Crippen molar-refractivity contribution in [2.45, 2.75) is 18.9 Å². The van der Waals surface area contributed by atoms with Crippen molar-refractivity contribution in [2.24, 2.45) is 7.05 Å². The lowest BCUT2D eigenvalue weighted by atomic mass is 10.0. The minimum absolute atomic E-state index is 0.0450. The van der Waals surface area contributed by atoms with Gasteiger partial charge in [0.05, 0.1) is 16.3 Å². The van der Waals surface area contributed by atoms with Crippen LogP contribution in [0.25, 0.3) is 0 Å². The van der Waals surface area contributed by atoms with Crippen LogP contribution in [0.1, 0.15) is 28.9 Å². The molecule has 0 spiro atoms. The quantitative estimate of drug-likeness (QED) is 0.932. The summed E-state index contributed by atoms with van der Waals surface area (Å²) in [5, 5.41) is 13.0. The number of carbonyl (C=O) groups excluding carboxylic acids is 1. The van der Waals surface area contributed by atoms with Crippen LogP contribution in [0.4, 0.5) is 5.69 Å². The zero-order valence-corrected chi connectivity index (χ0v) is 14.3. The maximum absolute atomic E-state index is 12.3. The van der Waals surface area contributed by atoms with Crippen LogP contribution in [-0.4, -0.2) is 29.6 Å². The highest BCUT2D eigenvalue weighted by molar-refractivity contribution is 6.33. The fourth-order valence-electron chi connectivity index (χ4n) is 3.13. The zero-order chi connectivity index (χ0) is 17.1. The molecule has 1 amide bonds. The Balaban J connectivity index is 1.64. The van der Waals surface area contributed by atoms with E-state index in [4.69, 9.17) is 11.6 Å². The van der Waals surface area contributed by atoms with Gasteiger partial charge >= 0.3 is 0 Å². The molecule has 0 saturated carbocycles. The van der Waals surface area contributed by atoms with E-state index in [1.54, 1.807) is 18.2 Å². The molecule has 2 aromatic rings. The third kappa shape index (κ3) is 3.24. The van der Waals surface area contributed by atoms with E-state index in [1.165, 1.54) is 0 Å². The average Bonchev–Trinajstić information content (AvgIpc) is 3.01. The normalized spacial score (nSPS) is 15.1. The summed E-state index contributed by atoms with van der Waals surface area (Å²) in [7, 11) is 1.86. The third-order valence-corrected chi connectivity index (χ3v) is 4.74. The number of carbonyl (C=O) groups is 1. The fraction of sp³-hybridized carbons (Fsp3) is 0.333. The van der Waals surface area contributed by atoms with Crippen molar-refractivity contribution >= 4 is 23.2 Å². The Bertz CT molecular complexity index is 785. The Morgan fingerprint density at radius 1 is 1.29 bits per heavy atom. The molecule has 1 saturated heterocycles. The molecule has 0 unspecified atom stereocenters. The number of anilines is 1. The Kier molecular flexibility index (Phi) is 4.77. The number of benzene rings is 1. The van der Waals surface area contributed by atoms with Crippen molar-refractivity contribution in [3.05, 3.63) is 52.8 Å². The summed E-state index contributed by atoms with van der Waals surface area (Å²) < 4.78 is 1.81. The molecule has 6 heteroatoms. The lowest BCUT2D eigenvalue weighted by molar-refractivity contribution is 0.0923. The molecule has 124 valence electrons. The van der Waals surface area contributed by atoms with Gasteiger partial charge in [0.1, 0.15) is 11.8 Å².